The van der Waals surface area contributed by atoms with E-state index in [0.717, 1.165) is 38.5 Å². The molecule has 3 unspecified atom stereocenters. The Balaban J connectivity index is 4.25. The van der Waals surface area contributed by atoms with Gasteiger partial charge in [-0.3, -0.25) is 18.6 Å². The molecule has 358 valence electrons. The Bertz CT molecular complexity index is 1130. The summed E-state index contributed by atoms with van der Waals surface area (Å²) in [4.78, 5) is 35.0. The van der Waals surface area contributed by atoms with Gasteiger partial charge in [-0.15, -0.1) is 0 Å². The lowest BCUT2D eigenvalue weighted by Crippen LogP contribution is -2.30. The maximum absolute atomic E-state index is 12.6. The lowest BCUT2D eigenvalue weighted by atomic mass is 10.0. The number of unbranched alkanes of at least 4 members (excludes halogenated alkanes) is 23. The van der Waals surface area contributed by atoms with Crippen LogP contribution in [0.4, 0.5) is 0 Å². The zero-order valence-corrected chi connectivity index (χ0v) is 39.8. The molecule has 0 saturated heterocycles. The molecule has 5 N–H and O–H groups in total. The van der Waals surface area contributed by atoms with Crippen molar-refractivity contribution in [2.45, 2.75) is 238 Å². The monoisotopic (exact) mass is 886 g/mol. The third-order valence-corrected chi connectivity index (χ3v) is 11.7. The predicted molar refractivity (Wildman–Crippen MR) is 250 cm³/mol. The molecule has 0 fully saturated rings. The predicted octanol–water partition coefficient (Wildman–Crippen LogP) is 12.4. The molecule has 0 aromatic heterocycles. The minimum absolute atomic E-state index is 0.0149. The molecule has 0 spiro atoms. The largest absolute Gasteiger partial charge is 0.472 e. The molecule has 0 aliphatic heterocycles. The van der Waals surface area contributed by atoms with Crippen molar-refractivity contribution in [3.05, 3.63) is 36.5 Å². The second-order valence-corrected chi connectivity index (χ2v) is 18.1. The summed E-state index contributed by atoms with van der Waals surface area (Å²) in [5.74, 6) is -1.10. The van der Waals surface area contributed by atoms with Crippen molar-refractivity contribution in [2.75, 3.05) is 26.4 Å². The van der Waals surface area contributed by atoms with Gasteiger partial charge in [0.2, 0.25) is 0 Å². The minimum Gasteiger partial charge on any atom is -0.462 e. The Labute approximate surface area is 372 Å². The summed E-state index contributed by atoms with van der Waals surface area (Å²) in [5, 5.41) is 20.7. The van der Waals surface area contributed by atoms with Gasteiger partial charge in [-0.1, -0.05) is 192 Å². The number of rotatable bonds is 46. The van der Waals surface area contributed by atoms with E-state index in [4.69, 9.17) is 24.3 Å². The molecule has 0 radical (unpaired) electrons. The lowest BCUT2D eigenvalue weighted by Gasteiger charge is -2.20. The molecule has 12 heteroatoms. The van der Waals surface area contributed by atoms with E-state index >= 15 is 0 Å². The van der Waals surface area contributed by atoms with Crippen LogP contribution >= 0.6 is 7.82 Å². The summed E-state index contributed by atoms with van der Waals surface area (Å²) in [6.07, 6.45) is 43.5. The summed E-state index contributed by atoms with van der Waals surface area (Å²) in [7, 11) is -4.45. The Kier molecular flexibility index (Phi) is 43.4. The molecule has 0 heterocycles. The molecule has 0 aromatic rings. The van der Waals surface area contributed by atoms with Gasteiger partial charge < -0.3 is 30.3 Å². The highest BCUT2D eigenvalue weighted by molar-refractivity contribution is 7.47. The van der Waals surface area contributed by atoms with E-state index in [0.29, 0.717) is 12.8 Å². The summed E-state index contributed by atoms with van der Waals surface area (Å²) < 4.78 is 32.7. The Morgan fingerprint density at radius 2 is 1.02 bits per heavy atom. The Hall–Kier alpha value is -1.85. The van der Waals surface area contributed by atoms with Gasteiger partial charge in [-0.25, -0.2) is 4.57 Å². The smallest absolute Gasteiger partial charge is 0.462 e. The Morgan fingerprint density at radius 1 is 0.557 bits per heavy atom. The molecule has 4 atom stereocenters. The molecule has 0 aromatic carbocycles. The van der Waals surface area contributed by atoms with Crippen LogP contribution in [0.1, 0.15) is 219 Å². The number of phosphoric ester groups is 1. The van der Waals surface area contributed by atoms with E-state index in [1.165, 1.54) is 128 Å². The number of aliphatic hydroxyl groups excluding tert-OH is 2. The highest BCUT2D eigenvalue weighted by Gasteiger charge is 2.26. The third-order valence-electron chi connectivity index (χ3n) is 10.7. The average Bonchev–Trinajstić information content (AvgIpc) is 3.24. The summed E-state index contributed by atoms with van der Waals surface area (Å²) in [6.45, 7) is 3.40. The van der Waals surface area contributed by atoms with Gasteiger partial charge in [0.15, 0.2) is 6.10 Å². The van der Waals surface area contributed by atoms with E-state index in [1.807, 2.05) is 12.2 Å². The molecular formula is C49H92NO10P. The van der Waals surface area contributed by atoms with Gasteiger partial charge in [0.05, 0.1) is 25.4 Å². The van der Waals surface area contributed by atoms with Crippen LogP contribution in [0.2, 0.25) is 0 Å². The van der Waals surface area contributed by atoms with Crippen LogP contribution < -0.4 is 5.73 Å². The number of allylic oxidation sites excluding steroid dienone is 5. The van der Waals surface area contributed by atoms with Crippen LogP contribution in [-0.2, 0) is 32.7 Å². The molecule has 0 aliphatic carbocycles. The Morgan fingerprint density at radius 3 is 1.54 bits per heavy atom. The second-order valence-electron chi connectivity index (χ2n) is 16.6. The van der Waals surface area contributed by atoms with Gasteiger partial charge in [0.25, 0.3) is 0 Å². The van der Waals surface area contributed by atoms with Crippen molar-refractivity contribution in [3.63, 3.8) is 0 Å². The summed E-state index contributed by atoms with van der Waals surface area (Å²) >= 11 is 0. The number of phosphoric acid groups is 1. The van der Waals surface area contributed by atoms with Gasteiger partial charge in [-0.05, 0) is 51.4 Å². The molecular weight excluding hydrogens is 794 g/mol. The van der Waals surface area contributed by atoms with Crippen LogP contribution in [0, 0.1) is 0 Å². The van der Waals surface area contributed by atoms with Crippen molar-refractivity contribution >= 4 is 19.8 Å². The molecule has 0 aliphatic rings. The van der Waals surface area contributed by atoms with Crippen molar-refractivity contribution in [2.24, 2.45) is 5.73 Å². The maximum Gasteiger partial charge on any atom is 0.472 e. The average molecular weight is 886 g/mol. The van der Waals surface area contributed by atoms with Crippen LogP contribution in [0.3, 0.4) is 0 Å². The topological polar surface area (TPSA) is 175 Å². The van der Waals surface area contributed by atoms with E-state index in [-0.39, 0.29) is 45.4 Å². The van der Waals surface area contributed by atoms with Crippen molar-refractivity contribution < 1.29 is 47.8 Å². The molecule has 0 amide bonds. The number of ether oxygens (including phenoxy) is 2. The lowest BCUT2D eigenvalue weighted by molar-refractivity contribution is -0.161. The molecule has 0 rings (SSSR count). The van der Waals surface area contributed by atoms with Crippen LogP contribution in [0.5, 0.6) is 0 Å². The number of aliphatic hydroxyl groups is 2. The maximum atomic E-state index is 12.6. The number of carbonyl (C=O) groups is 2. The fourth-order valence-corrected chi connectivity index (χ4v) is 7.68. The van der Waals surface area contributed by atoms with Gasteiger partial charge in [0.1, 0.15) is 6.61 Å². The van der Waals surface area contributed by atoms with E-state index in [1.54, 1.807) is 0 Å². The number of carbonyl (C=O) groups excluding carboxylic acids is 2. The minimum atomic E-state index is -4.45. The first-order valence-corrected chi connectivity index (χ1v) is 26.1. The van der Waals surface area contributed by atoms with Crippen LogP contribution in [0.15, 0.2) is 36.5 Å². The van der Waals surface area contributed by atoms with Crippen LogP contribution in [0.25, 0.3) is 0 Å². The number of hydrogen-bond acceptors (Lipinski definition) is 10. The fourth-order valence-electron chi connectivity index (χ4n) is 6.92. The third kappa shape index (κ3) is 43.2. The molecule has 11 nitrogen and oxygen atoms in total. The van der Waals surface area contributed by atoms with Gasteiger partial charge in [-0.2, -0.15) is 0 Å². The fraction of sp³-hybridized carbons (Fsp3) is 0.837. The van der Waals surface area contributed by atoms with Crippen molar-refractivity contribution in [1.29, 1.82) is 0 Å². The molecule has 0 saturated carbocycles. The first-order chi connectivity index (χ1) is 29.6. The number of nitrogens with two attached hydrogens (primary N) is 1. The quantitative estimate of drug-likeness (QED) is 0.0198. The van der Waals surface area contributed by atoms with Gasteiger partial charge in [0, 0.05) is 19.4 Å². The van der Waals surface area contributed by atoms with Gasteiger partial charge >= 0.3 is 19.8 Å². The summed E-state index contributed by atoms with van der Waals surface area (Å²) in [6, 6.07) is 0. The first kappa shape index (κ1) is 59.1. The van der Waals surface area contributed by atoms with Crippen LogP contribution in [-0.4, -0.2) is 71.7 Å². The number of hydrogen-bond donors (Lipinski definition) is 4. The van der Waals surface area contributed by atoms with Crippen molar-refractivity contribution in [1.82, 2.24) is 0 Å². The first-order valence-electron chi connectivity index (χ1n) is 24.6. The normalized spacial score (nSPS) is 14.5. The van der Waals surface area contributed by atoms with E-state index in [9.17, 15) is 29.3 Å². The zero-order valence-electron chi connectivity index (χ0n) is 38.9. The summed E-state index contributed by atoms with van der Waals surface area (Å²) in [5.41, 5.74) is 5.35. The van der Waals surface area contributed by atoms with E-state index in [2.05, 4.69) is 38.2 Å². The highest BCUT2D eigenvalue weighted by Crippen LogP contribution is 2.43. The SMILES string of the molecule is CCCCC/C=C\C/C=C\C/C=C\CC(O)C(O)CCCC(=O)OC[C@H](COP(=O)(O)OCCN)OC(=O)CCCCCCCCCCCCCCCCCCCCCCC. The zero-order chi connectivity index (χ0) is 44.9. The second kappa shape index (κ2) is 44.7. The molecule has 0 bridgehead atoms. The molecule has 61 heavy (non-hydrogen) atoms. The highest BCUT2D eigenvalue weighted by atomic mass is 31.2. The van der Waals surface area contributed by atoms with Crippen molar-refractivity contribution in [3.8, 4) is 0 Å². The standard InChI is InChI=1S/C49H92NO10P/c1-3-5-7-9-11-13-15-17-18-19-20-21-22-23-24-25-27-29-31-33-35-39-49(54)60-45(44-59-61(55,56)58-42-41-50)43-57-48(53)40-36-38-47(52)46(51)37-34-32-30-28-26-16-14-12-10-8-6-4-2/h12,14,26,28,32,34,45-47,51-52H,3-11,13,15-25,27,29-31,33,35-44,50H2,1-2H3,(H,55,56)/b14-12-,28-26-,34-32-/t45-,46?,47?/m1/s1. The van der Waals surface area contributed by atoms with E-state index < -0.39 is 44.7 Å². The number of esters is 2.